The summed E-state index contributed by atoms with van der Waals surface area (Å²) >= 11 is 0. The van der Waals surface area contributed by atoms with Crippen molar-refractivity contribution in [3.63, 3.8) is 0 Å². The first-order valence-electron chi connectivity index (χ1n) is 5.59. The Hall–Kier alpha value is -1.15. The maximum Gasteiger partial charge on any atom is 0.240 e. The lowest BCUT2D eigenvalue weighted by Crippen LogP contribution is -2.22. The van der Waals surface area contributed by atoms with Gasteiger partial charge in [0, 0.05) is 18.8 Å². The highest BCUT2D eigenvalue weighted by molar-refractivity contribution is 7.89. The molecular weight excluding hydrogens is 256 g/mol. The zero-order valence-electron chi connectivity index (χ0n) is 9.94. The molecule has 0 bridgehead atoms. The molecule has 0 aromatic heterocycles. The molecule has 6 nitrogen and oxygen atoms in total. The SMILES string of the molecule is CNS(=O)(=O)c1ccc(N2CC(O)C(O)C2)cc1. The number of aliphatic hydroxyl groups is 2. The van der Waals surface area contributed by atoms with Crippen molar-refractivity contribution in [2.24, 2.45) is 0 Å². The van der Waals surface area contributed by atoms with Gasteiger partial charge in [-0.3, -0.25) is 0 Å². The first-order valence-corrected chi connectivity index (χ1v) is 7.07. The number of nitrogens with zero attached hydrogens (tertiary/aromatic N) is 1. The van der Waals surface area contributed by atoms with Crippen molar-refractivity contribution in [1.82, 2.24) is 4.72 Å². The fourth-order valence-corrected chi connectivity index (χ4v) is 2.66. The molecule has 1 saturated heterocycles. The van der Waals surface area contributed by atoms with Gasteiger partial charge in [0.25, 0.3) is 0 Å². The van der Waals surface area contributed by atoms with E-state index in [2.05, 4.69) is 4.72 Å². The summed E-state index contributed by atoms with van der Waals surface area (Å²) in [4.78, 5) is 2.00. The van der Waals surface area contributed by atoms with Crippen molar-refractivity contribution < 1.29 is 18.6 Å². The highest BCUT2D eigenvalue weighted by atomic mass is 32.2. The number of aliphatic hydroxyl groups excluding tert-OH is 2. The topological polar surface area (TPSA) is 89.9 Å². The molecule has 2 unspecified atom stereocenters. The largest absolute Gasteiger partial charge is 0.389 e. The first kappa shape index (κ1) is 13.3. The lowest BCUT2D eigenvalue weighted by atomic mass is 10.3. The molecule has 0 spiro atoms. The van der Waals surface area contributed by atoms with E-state index in [4.69, 9.17) is 0 Å². The number of benzene rings is 1. The highest BCUT2D eigenvalue weighted by Crippen LogP contribution is 2.22. The van der Waals surface area contributed by atoms with Crippen LogP contribution in [0.4, 0.5) is 5.69 Å². The Kier molecular flexibility index (Phi) is 3.58. The molecule has 1 aliphatic rings. The maximum absolute atomic E-state index is 11.5. The normalized spacial score (nSPS) is 24.5. The van der Waals surface area contributed by atoms with Crippen molar-refractivity contribution in [2.75, 3.05) is 25.0 Å². The van der Waals surface area contributed by atoms with Gasteiger partial charge in [-0.05, 0) is 31.3 Å². The number of sulfonamides is 1. The number of hydrogen-bond acceptors (Lipinski definition) is 5. The van der Waals surface area contributed by atoms with Gasteiger partial charge in [0.05, 0.1) is 17.1 Å². The zero-order chi connectivity index (χ0) is 13.3. The van der Waals surface area contributed by atoms with Gasteiger partial charge < -0.3 is 15.1 Å². The summed E-state index contributed by atoms with van der Waals surface area (Å²) in [6.07, 6.45) is -1.52. The van der Waals surface area contributed by atoms with Crippen LogP contribution in [-0.4, -0.2) is 51.0 Å². The fourth-order valence-electron chi connectivity index (χ4n) is 1.93. The van der Waals surface area contributed by atoms with E-state index in [1.165, 1.54) is 19.2 Å². The molecule has 100 valence electrons. The van der Waals surface area contributed by atoms with E-state index in [1.807, 2.05) is 4.90 Å². The molecule has 0 aliphatic carbocycles. The Labute approximate surface area is 106 Å². The van der Waals surface area contributed by atoms with Crippen LogP contribution in [0.3, 0.4) is 0 Å². The van der Waals surface area contributed by atoms with Crippen LogP contribution in [0.5, 0.6) is 0 Å². The van der Waals surface area contributed by atoms with E-state index < -0.39 is 22.2 Å². The second-order valence-electron chi connectivity index (χ2n) is 4.24. The van der Waals surface area contributed by atoms with E-state index in [1.54, 1.807) is 12.1 Å². The second-order valence-corrected chi connectivity index (χ2v) is 6.13. The summed E-state index contributed by atoms with van der Waals surface area (Å²) in [5, 5.41) is 18.9. The molecule has 0 saturated carbocycles. The summed E-state index contributed by atoms with van der Waals surface area (Å²) in [7, 11) is -2.07. The monoisotopic (exact) mass is 272 g/mol. The summed E-state index contributed by atoms with van der Waals surface area (Å²) in [6.45, 7) is 0.693. The predicted octanol–water partition coefficient (Wildman–Crippen LogP) is -0.864. The smallest absolute Gasteiger partial charge is 0.240 e. The van der Waals surface area contributed by atoms with Gasteiger partial charge in [-0.15, -0.1) is 0 Å². The molecule has 1 aliphatic heterocycles. The van der Waals surface area contributed by atoms with Crippen molar-refractivity contribution in [3.05, 3.63) is 24.3 Å². The average Bonchev–Trinajstić information content (AvgIpc) is 2.70. The Bertz CT molecular complexity index is 504. The zero-order valence-corrected chi connectivity index (χ0v) is 10.8. The third-order valence-electron chi connectivity index (χ3n) is 3.04. The average molecular weight is 272 g/mol. The van der Waals surface area contributed by atoms with E-state index in [9.17, 15) is 18.6 Å². The van der Waals surface area contributed by atoms with Gasteiger partial charge in [-0.1, -0.05) is 0 Å². The molecule has 18 heavy (non-hydrogen) atoms. The van der Waals surface area contributed by atoms with Crippen LogP contribution in [0, 0.1) is 0 Å². The molecule has 1 aromatic carbocycles. The second kappa shape index (κ2) is 4.85. The molecular formula is C11H16N2O4S. The van der Waals surface area contributed by atoms with Crippen LogP contribution < -0.4 is 9.62 Å². The Morgan fingerprint density at radius 1 is 1.17 bits per heavy atom. The molecule has 3 N–H and O–H groups in total. The van der Waals surface area contributed by atoms with E-state index in [0.717, 1.165) is 5.69 Å². The van der Waals surface area contributed by atoms with Gasteiger partial charge in [-0.2, -0.15) is 0 Å². The molecule has 0 radical (unpaired) electrons. The third kappa shape index (κ3) is 2.49. The molecule has 2 rings (SSSR count). The molecule has 7 heteroatoms. The Morgan fingerprint density at radius 3 is 2.11 bits per heavy atom. The van der Waals surface area contributed by atoms with Crippen molar-refractivity contribution in [2.45, 2.75) is 17.1 Å². The molecule has 2 atom stereocenters. The van der Waals surface area contributed by atoms with Crippen LogP contribution in [0.2, 0.25) is 0 Å². The van der Waals surface area contributed by atoms with Crippen LogP contribution >= 0.6 is 0 Å². The minimum absolute atomic E-state index is 0.189. The third-order valence-corrected chi connectivity index (χ3v) is 4.47. The van der Waals surface area contributed by atoms with Gasteiger partial charge in [0.2, 0.25) is 10.0 Å². The molecule has 1 heterocycles. The van der Waals surface area contributed by atoms with Crippen LogP contribution in [0.1, 0.15) is 0 Å². The van der Waals surface area contributed by atoms with Gasteiger partial charge in [0.1, 0.15) is 0 Å². The Balaban J connectivity index is 2.19. The Morgan fingerprint density at radius 2 is 1.67 bits per heavy atom. The highest BCUT2D eigenvalue weighted by Gasteiger charge is 2.29. The molecule has 1 aromatic rings. The number of nitrogens with one attached hydrogen (secondary N) is 1. The predicted molar refractivity (Wildman–Crippen MR) is 66.9 cm³/mol. The standard InChI is InChI=1S/C11H16N2O4S/c1-12-18(16,17)9-4-2-8(3-5-9)13-6-10(14)11(15)7-13/h2-5,10-12,14-15H,6-7H2,1H3. The lowest BCUT2D eigenvalue weighted by molar-refractivity contribution is 0.0572. The minimum Gasteiger partial charge on any atom is -0.389 e. The van der Waals surface area contributed by atoms with Crippen LogP contribution in [0.15, 0.2) is 29.2 Å². The summed E-state index contributed by atoms with van der Waals surface area (Å²) in [5.74, 6) is 0. The molecule has 1 fully saturated rings. The van der Waals surface area contributed by atoms with Gasteiger partial charge in [0.15, 0.2) is 0 Å². The number of rotatable bonds is 3. The van der Waals surface area contributed by atoms with E-state index in [-0.39, 0.29) is 4.90 Å². The summed E-state index contributed by atoms with van der Waals surface area (Å²) in [5.41, 5.74) is 0.778. The number of hydrogen-bond donors (Lipinski definition) is 3. The summed E-state index contributed by atoms with van der Waals surface area (Å²) in [6, 6.07) is 6.32. The number of β-amino-alcohol motifs (C(OH)–C–C–N with tert-alkyl or cyclic N) is 2. The minimum atomic E-state index is -3.43. The van der Waals surface area contributed by atoms with Gasteiger partial charge >= 0.3 is 0 Å². The quantitative estimate of drug-likeness (QED) is 0.666. The lowest BCUT2D eigenvalue weighted by Gasteiger charge is -2.17. The number of anilines is 1. The van der Waals surface area contributed by atoms with Crippen LogP contribution in [0.25, 0.3) is 0 Å². The van der Waals surface area contributed by atoms with Crippen LogP contribution in [-0.2, 0) is 10.0 Å². The van der Waals surface area contributed by atoms with E-state index in [0.29, 0.717) is 13.1 Å². The van der Waals surface area contributed by atoms with E-state index >= 15 is 0 Å². The van der Waals surface area contributed by atoms with Crippen molar-refractivity contribution >= 4 is 15.7 Å². The van der Waals surface area contributed by atoms with Crippen molar-refractivity contribution in [1.29, 1.82) is 0 Å². The summed E-state index contributed by atoms with van der Waals surface area (Å²) < 4.78 is 25.3. The fraction of sp³-hybridized carbons (Fsp3) is 0.455. The van der Waals surface area contributed by atoms with Crippen molar-refractivity contribution in [3.8, 4) is 0 Å². The molecule has 0 amide bonds. The van der Waals surface area contributed by atoms with Gasteiger partial charge in [-0.25, -0.2) is 13.1 Å². The first-order chi connectivity index (χ1) is 8.44. The maximum atomic E-state index is 11.5.